The van der Waals surface area contributed by atoms with Crippen LogP contribution >= 0.6 is 0 Å². The third kappa shape index (κ3) is 11.0. The van der Waals surface area contributed by atoms with Gasteiger partial charge in [0, 0.05) is 0 Å². The fourth-order valence-electron chi connectivity index (χ4n) is 5.74. The normalized spacial score (nSPS) is 20.0. The van der Waals surface area contributed by atoms with Crippen LogP contribution in [-0.4, -0.2) is 55.0 Å². The second-order valence-corrected chi connectivity index (χ2v) is 12.1. The van der Waals surface area contributed by atoms with E-state index < -0.39 is 43.3 Å². The van der Waals surface area contributed by atoms with Crippen molar-refractivity contribution in [3.8, 4) is 11.5 Å². The number of hydrogen-bond acceptors (Lipinski definition) is 8. The first kappa shape index (κ1) is 35.8. The van der Waals surface area contributed by atoms with Crippen LogP contribution in [0.15, 0.2) is 146 Å². The zero-order valence-corrected chi connectivity index (χ0v) is 28.2. The first-order chi connectivity index (χ1) is 25.1. The van der Waals surface area contributed by atoms with Crippen molar-refractivity contribution in [2.45, 2.75) is 57.1 Å². The van der Waals surface area contributed by atoms with E-state index in [0.29, 0.717) is 31.3 Å². The summed E-state index contributed by atoms with van der Waals surface area (Å²) in [5, 5.41) is 9.01. The van der Waals surface area contributed by atoms with Crippen LogP contribution in [0, 0.1) is 0 Å². The van der Waals surface area contributed by atoms with Crippen LogP contribution in [-0.2, 0) is 54.9 Å². The minimum absolute atomic E-state index is 0.201. The van der Waals surface area contributed by atoms with Gasteiger partial charge >= 0.3 is 5.97 Å². The highest BCUT2D eigenvalue weighted by Crippen LogP contribution is 2.33. The van der Waals surface area contributed by atoms with E-state index in [-0.39, 0.29) is 13.2 Å². The van der Waals surface area contributed by atoms with E-state index in [1.165, 1.54) is 0 Å². The van der Waals surface area contributed by atoms with Crippen molar-refractivity contribution in [3.63, 3.8) is 0 Å². The Morgan fingerprint density at radius 2 is 0.961 bits per heavy atom. The second-order valence-electron chi connectivity index (χ2n) is 12.1. The molecule has 5 atom stereocenters. The van der Waals surface area contributed by atoms with Crippen molar-refractivity contribution in [1.29, 1.82) is 0 Å². The van der Waals surface area contributed by atoms with Gasteiger partial charge in [-0.1, -0.05) is 121 Å². The minimum Gasteiger partial charge on any atom is -0.482 e. The number of carboxylic acid groups (broad SMARTS) is 1. The Kier molecular flexibility index (Phi) is 13.2. The number of carbonyl (C=O) groups is 1. The second kappa shape index (κ2) is 18.8. The molecule has 5 aromatic carbocycles. The standard InChI is InChI=1S/C42H42O9/c43-38(44)30-46-35-21-23-36(24-22-35)50-42-41(49-28-34-19-11-4-12-20-34)40(48-27-33-17-9-3-10-18-33)39(47-26-32-15-7-2-8-16-32)37(51-42)29-45-25-31-13-5-1-6-14-31/h1-24,37,39-42H,25-30H2,(H,43,44)/t37-,39-,40+,41-,42-/m1/s1. The van der Waals surface area contributed by atoms with Crippen molar-refractivity contribution < 1.29 is 43.1 Å². The van der Waals surface area contributed by atoms with Crippen LogP contribution in [0.4, 0.5) is 0 Å². The molecule has 0 bridgehead atoms. The SMILES string of the molecule is O=C(O)COc1ccc(O[C@@H]2O[C@H](COCc3ccccc3)[C@@H](OCc3ccccc3)[C@H](OCc3ccccc3)[C@H]2OCc2ccccc2)cc1. The van der Waals surface area contributed by atoms with Gasteiger partial charge in [0.05, 0.1) is 33.0 Å². The summed E-state index contributed by atoms with van der Waals surface area (Å²) in [4.78, 5) is 11.0. The van der Waals surface area contributed by atoms with Crippen LogP contribution in [0.5, 0.6) is 11.5 Å². The van der Waals surface area contributed by atoms with Gasteiger partial charge in [-0.25, -0.2) is 4.79 Å². The van der Waals surface area contributed by atoms with E-state index in [2.05, 4.69) is 0 Å². The van der Waals surface area contributed by atoms with Gasteiger partial charge in [0.25, 0.3) is 0 Å². The summed E-state index contributed by atoms with van der Waals surface area (Å²) in [6.07, 6.45) is -3.50. The molecule has 0 saturated carbocycles. The highest BCUT2D eigenvalue weighted by atomic mass is 16.7. The van der Waals surface area contributed by atoms with Gasteiger partial charge in [-0.15, -0.1) is 0 Å². The van der Waals surface area contributed by atoms with Gasteiger partial charge in [0.15, 0.2) is 6.61 Å². The van der Waals surface area contributed by atoms with Crippen molar-refractivity contribution in [2.75, 3.05) is 13.2 Å². The van der Waals surface area contributed by atoms with Crippen LogP contribution in [0.1, 0.15) is 22.3 Å². The molecule has 0 amide bonds. The van der Waals surface area contributed by atoms with Gasteiger partial charge in [0.1, 0.15) is 35.9 Å². The summed E-state index contributed by atoms with van der Waals surface area (Å²) >= 11 is 0. The highest BCUT2D eigenvalue weighted by Gasteiger charge is 2.49. The van der Waals surface area contributed by atoms with Crippen LogP contribution in [0.25, 0.3) is 0 Å². The molecule has 5 aromatic rings. The fraction of sp³-hybridized carbons (Fsp3) is 0.262. The number of aliphatic carboxylic acids is 1. The largest absolute Gasteiger partial charge is 0.482 e. The predicted molar refractivity (Wildman–Crippen MR) is 190 cm³/mol. The molecule has 9 heteroatoms. The molecule has 1 fully saturated rings. The summed E-state index contributed by atoms with van der Waals surface area (Å²) in [7, 11) is 0. The monoisotopic (exact) mass is 690 g/mol. The van der Waals surface area contributed by atoms with Gasteiger partial charge in [-0.05, 0) is 46.5 Å². The molecule has 9 nitrogen and oxygen atoms in total. The van der Waals surface area contributed by atoms with E-state index >= 15 is 0 Å². The molecule has 51 heavy (non-hydrogen) atoms. The molecule has 1 N–H and O–H groups in total. The first-order valence-corrected chi connectivity index (χ1v) is 17.0. The predicted octanol–water partition coefficient (Wildman–Crippen LogP) is 7.23. The molecule has 0 unspecified atom stereocenters. The molecule has 1 aliphatic heterocycles. The quantitative estimate of drug-likeness (QED) is 0.102. The Morgan fingerprint density at radius 3 is 1.45 bits per heavy atom. The van der Waals surface area contributed by atoms with Crippen LogP contribution < -0.4 is 9.47 Å². The van der Waals surface area contributed by atoms with Gasteiger partial charge in [-0.3, -0.25) is 0 Å². The number of ether oxygens (including phenoxy) is 7. The zero-order chi connectivity index (χ0) is 35.1. The Bertz CT molecular complexity index is 1720. The fourth-order valence-corrected chi connectivity index (χ4v) is 5.74. The molecule has 0 aromatic heterocycles. The van der Waals surface area contributed by atoms with Gasteiger partial charge in [0.2, 0.25) is 6.29 Å². The molecule has 264 valence electrons. The van der Waals surface area contributed by atoms with Crippen LogP contribution in [0.3, 0.4) is 0 Å². The summed E-state index contributed by atoms with van der Waals surface area (Å²) in [6.45, 7) is 1.05. The number of rotatable bonds is 18. The van der Waals surface area contributed by atoms with Crippen molar-refractivity contribution >= 4 is 5.97 Å². The third-order valence-corrected chi connectivity index (χ3v) is 8.28. The smallest absolute Gasteiger partial charge is 0.341 e. The lowest BCUT2D eigenvalue weighted by Gasteiger charge is -2.45. The minimum atomic E-state index is -1.06. The molecular weight excluding hydrogens is 648 g/mol. The van der Waals surface area contributed by atoms with Gasteiger partial charge in [-0.2, -0.15) is 0 Å². The molecule has 1 aliphatic rings. The summed E-state index contributed by atoms with van der Waals surface area (Å²) in [5.41, 5.74) is 4.02. The molecule has 0 radical (unpaired) electrons. The summed E-state index contributed by atoms with van der Waals surface area (Å²) in [5.74, 6) is -0.183. The maximum Gasteiger partial charge on any atom is 0.341 e. The lowest BCUT2D eigenvalue weighted by atomic mass is 9.97. The Hall–Kier alpha value is -5.03. The van der Waals surface area contributed by atoms with Crippen molar-refractivity contribution in [3.05, 3.63) is 168 Å². The number of hydrogen-bond donors (Lipinski definition) is 1. The molecular formula is C42H42O9. The average molecular weight is 691 g/mol. The van der Waals surface area contributed by atoms with Crippen molar-refractivity contribution in [2.24, 2.45) is 0 Å². The average Bonchev–Trinajstić information content (AvgIpc) is 3.17. The first-order valence-electron chi connectivity index (χ1n) is 17.0. The molecule has 1 heterocycles. The van der Waals surface area contributed by atoms with Crippen molar-refractivity contribution in [1.82, 2.24) is 0 Å². The Balaban J connectivity index is 1.31. The number of benzene rings is 5. The maximum atomic E-state index is 11.0. The molecule has 0 spiro atoms. The topological polar surface area (TPSA) is 102 Å². The van der Waals surface area contributed by atoms with E-state index in [4.69, 9.17) is 38.3 Å². The Morgan fingerprint density at radius 1 is 0.529 bits per heavy atom. The lowest BCUT2D eigenvalue weighted by Crippen LogP contribution is -2.62. The van der Waals surface area contributed by atoms with E-state index in [1.54, 1.807) is 24.3 Å². The van der Waals surface area contributed by atoms with E-state index in [9.17, 15) is 4.79 Å². The lowest BCUT2D eigenvalue weighted by molar-refractivity contribution is -0.310. The summed E-state index contributed by atoms with van der Waals surface area (Å²) < 4.78 is 45.0. The highest BCUT2D eigenvalue weighted by molar-refractivity contribution is 5.68. The maximum absolute atomic E-state index is 11.0. The van der Waals surface area contributed by atoms with Crippen LogP contribution in [0.2, 0.25) is 0 Å². The molecule has 1 saturated heterocycles. The molecule has 6 rings (SSSR count). The number of carboxylic acids is 1. The van der Waals surface area contributed by atoms with E-state index in [1.807, 2.05) is 121 Å². The molecule has 0 aliphatic carbocycles. The van der Waals surface area contributed by atoms with Gasteiger partial charge < -0.3 is 38.3 Å². The van der Waals surface area contributed by atoms with E-state index in [0.717, 1.165) is 22.3 Å². The summed E-state index contributed by atoms with van der Waals surface area (Å²) in [6, 6.07) is 46.5. The Labute approximate surface area is 298 Å². The third-order valence-electron chi connectivity index (χ3n) is 8.28. The zero-order valence-electron chi connectivity index (χ0n) is 28.2.